The van der Waals surface area contributed by atoms with Gasteiger partial charge in [0.25, 0.3) is 5.56 Å². The molecule has 158 valence electrons. The molecule has 1 aromatic heterocycles. The summed E-state index contributed by atoms with van der Waals surface area (Å²) in [5.41, 5.74) is 0.424. The number of rotatable bonds is 4. The van der Waals surface area contributed by atoms with Gasteiger partial charge in [0.05, 0.1) is 5.39 Å². The number of carbonyl (C=O) groups is 2. The van der Waals surface area contributed by atoms with Gasteiger partial charge in [-0.15, -0.1) is 5.10 Å². The number of carbonyl (C=O) groups excluding carboxylic acids is 2. The van der Waals surface area contributed by atoms with Crippen LogP contribution < -0.4 is 5.56 Å². The normalized spacial score (nSPS) is 26.0. The van der Waals surface area contributed by atoms with E-state index in [4.69, 9.17) is 0 Å². The predicted molar refractivity (Wildman–Crippen MR) is 111 cm³/mol. The van der Waals surface area contributed by atoms with Crippen molar-refractivity contribution in [2.24, 2.45) is 11.8 Å². The van der Waals surface area contributed by atoms with Gasteiger partial charge in [0.1, 0.15) is 5.52 Å². The summed E-state index contributed by atoms with van der Waals surface area (Å²) in [5, 5.41) is 8.65. The van der Waals surface area contributed by atoms with Gasteiger partial charge in [-0.2, -0.15) is 0 Å². The van der Waals surface area contributed by atoms with Crippen LogP contribution in [0.5, 0.6) is 0 Å². The van der Waals surface area contributed by atoms with Crippen LogP contribution in [-0.2, 0) is 16.1 Å². The second kappa shape index (κ2) is 7.81. The maximum absolute atomic E-state index is 12.9. The molecule has 5 rings (SSSR count). The molecule has 2 aromatic rings. The van der Waals surface area contributed by atoms with Crippen LogP contribution in [0.15, 0.2) is 29.1 Å². The fraction of sp³-hybridized carbons (Fsp3) is 0.591. The first kappa shape index (κ1) is 19.2. The number of aromatic nitrogens is 3. The Labute approximate surface area is 174 Å². The molecule has 8 heteroatoms. The third-order valence-corrected chi connectivity index (χ3v) is 6.92. The number of nitrogens with zero attached hydrogens (tertiary/aromatic N) is 5. The van der Waals surface area contributed by atoms with Crippen LogP contribution in [0.1, 0.15) is 38.5 Å². The highest BCUT2D eigenvalue weighted by Crippen LogP contribution is 2.38. The Bertz CT molecular complexity index is 1030. The van der Waals surface area contributed by atoms with Gasteiger partial charge < -0.3 is 9.80 Å². The maximum atomic E-state index is 12.9. The summed E-state index contributed by atoms with van der Waals surface area (Å²) in [5.74, 6) is 1.23. The van der Waals surface area contributed by atoms with Crippen LogP contribution in [0.4, 0.5) is 0 Å². The monoisotopic (exact) mass is 409 g/mol. The number of hydrogen-bond acceptors (Lipinski definition) is 5. The minimum Gasteiger partial charge on any atom is -0.342 e. The van der Waals surface area contributed by atoms with E-state index in [2.05, 4.69) is 15.2 Å². The molecule has 2 bridgehead atoms. The van der Waals surface area contributed by atoms with E-state index in [0.717, 1.165) is 38.9 Å². The van der Waals surface area contributed by atoms with Gasteiger partial charge >= 0.3 is 0 Å². The average Bonchev–Trinajstić information content (AvgIpc) is 2.76. The lowest BCUT2D eigenvalue weighted by Crippen LogP contribution is -2.61. The molecule has 3 fully saturated rings. The SMILES string of the molecule is O=C(CCCn1nnc2ccccc2c1=O)N1C[C@H]2C[C@@H](C1)[C@H]1CCCC(=O)N1C2. The van der Waals surface area contributed by atoms with E-state index in [1.807, 2.05) is 17.0 Å². The quantitative estimate of drug-likeness (QED) is 0.762. The van der Waals surface area contributed by atoms with Crippen molar-refractivity contribution in [3.63, 3.8) is 0 Å². The highest BCUT2D eigenvalue weighted by Gasteiger charge is 2.44. The zero-order valence-electron chi connectivity index (χ0n) is 17.1. The molecule has 0 aliphatic carbocycles. The van der Waals surface area contributed by atoms with Crippen LogP contribution in [0.3, 0.4) is 0 Å². The Morgan fingerprint density at radius 1 is 1.13 bits per heavy atom. The molecule has 3 atom stereocenters. The summed E-state index contributed by atoms with van der Waals surface area (Å²) in [7, 11) is 0. The minimum absolute atomic E-state index is 0.141. The fourth-order valence-electron chi connectivity index (χ4n) is 5.52. The molecular formula is C22H27N5O3. The van der Waals surface area contributed by atoms with Gasteiger partial charge in [-0.3, -0.25) is 14.4 Å². The molecule has 0 spiro atoms. The third kappa shape index (κ3) is 3.48. The minimum atomic E-state index is -0.164. The Morgan fingerprint density at radius 3 is 2.90 bits per heavy atom. The number of aryl methyl sites for hydroxylation is 1. The number of fused-ring (bicyclic) bond motifs is 5. The summed E-state index contributed by atoms with van der Waals surface area (Å²) in [6.45, 7) is 2.67. The van der Waals surface area contributed by atoms with Gasteiger partial charge in [-0.05, 0) is 49.7 Å². The summed E-state index contributed by atoms with van der Waals surface area (Å²) >= 11 is 0. The first-order valence-electron chi connectivity index (χ1n) is 11.0. The highest BCUT2D eigenvalue weighted by atomic mass is 16.2. The lowest BCUT2D eigenvalue weighted by atomic mass is 9.76. The number of benzene rings is 1. The molecule has 0 radical (unpaired) electrons. The number of amides is 2. The second-order valence-corrected chi connectivity index (χ2v) is 8.90. The van der Waals surface area contributed by atoms with E-state index in [0.29, 0.717) is 60.5 Å². The lowest BCUT2D eigenvalue weighted by molar-refractivity contribution is -0.148. The molecule has 3 saturated heterocycles. The number of piperidine rings is 3. The summed E-state index contributed by atoms with van der Waals surface area (Å²) in [6, 6.07) is 7.47. The van der Waals surface area contributed by atoms with Gasteiger partial charge in [0.15, 0.2) is 0 Å². The Balaban J connectivity index is 1.19. The van der Waals surface area contributed by atoms with E-state index in [9.17, 15) is 14.4 Å². The smallest absolute Gasteiger partial charge is 0.277 e. The van der Waals surface area contributed by atoms with E-state index in [1.54, 1.807) is 12.1 Å². The van der Waals surface area contributed by atoms with Crippen molar-refractivity contribution >= 4 is 22.7 Å². The highest BCUT2D eigenvalue weighted by molar-refractivity contribution is 5.78. The van der Waals surface area contributed by atoms with Gasteiger partial charge in [0.2, 0.25) is 11.8 Å². The summed E-state index contributed by atoms with van der Waals surface area (Å²) in [6.07, 6.45) is 4.79. The van der Waals surface area contributed by atoms with Crippen molar-refractivity contribution in [3.05, 3.63) is 34.6 Å². The van der Waals surface area contributed by atoms with E-state index in [1.165, 1.54) is 4.68 Å². The van der Waals surface area contributed by atoms with Crippen molar-refractivity contribution in [2.75, 3.05) is 19.6 Å². The van der Waals surface area contributed by atoms with Gasteiger partial charge in [0, 0.05) is 45.1 Å². The van der Waals surface area contributed by atoms with Crippen molar-refractivity contribution in [3.8, 4) is 0 Å². The van der Waals surface area contributed by atoms with E-state index >= 15 is 0 Å². The molecule has 30 heavy (non-hydrogen) atoms. The standard InChI is InChI=1S/C22H27N5O3/c28-20(9-4-10-27-22(30)17-5-1-2-6-18(17)23-24-27)25-12-15-11-16(14-25)19-7-3-8-21(29)26(19)13-15/h1-2,5-6,15-16,19H,3-4,7-14H2/t15-,16+,19-/m1/s1. The second-order valence-electron chi connectivity index (χ2n) is 8.90. The first-order chi connectivity index (χ1) is 14.6. The Hall–Kier alpha value is -2.77. The van der Waals surface area contributed by atoms with E-state index < -0.39 is 0 Å². The fourth-order valence-corrected chi connectivity index (χ4v) is 5.52. The largest absolute Gasteiger partial charge is 0.342 e. The predicted octanol–water partition coefficient (Wildman–Crippen LogP) is 1.43. The number of likely N-dealkylation sites (tertiary alicyclic amines) is 1. The zero-order chi connectivity index (χ0) is 20.7. The maximum Gasteiger partial charge on any atom is 0.277 e. The Morgan fingerprint density at radius 2 is 2.00 bits per heavy atom. The van der Waals surface area contributed by atoms with Crippen LogP contribution >= 0.6 is 0 Å². The van der Waals surface area contributed by atoms with Gasteiger partial charge in [-0.25, -0.2) is 4.68 Å². The van der Waals surface area contributed by atoms with Crippen molar-refractivity contribution in [1.29, 1.82) is 0 Å². The van der Waals surface area contributed by atoms with Crippen molar-refractivity contribution < 1.29 is 9.59 Å². The van der Waals surface area contributed by atoms with Gasteiger partial charge in [-0.1, -0.05) is 17.3 Å². The molecule has 3 aliphatic rings. The molecule has 0 N–H and O–H groups in total. The summed E-state index contributed by atoms with van der Waals surface area (Å²) < 4.78 is 1.35. The molecule has 8 nitrogen and oxygen atoms in total. The zero-order valence-corrected chi connectivity index (χ0v) is 17.1. The Kier molecular flexibility index (Phi) is 5.00. The molecule has 0 unspecified atom stereocenters. The first-order valence-corrected chi connectivity index (χ1v) is 11.0. The van der Waals surface area contributed by atoms with E-state index in [-0.39, 0.29) is 11.5 Å². The summed E-state index contributed by atoms with van der Waals surface area (Å²) in [4.78, 5) is 41.7. The van der Waals surface area contributed by atoms with Crippen molar-refractivity contribution in [2.45, 2.75) is 51.1 Å². The molecule has 2 amide bonds. The van der Waals surface area contributed by atoms with Crippen molar-refractivity contribution in [1.82, 2.24) is 24.8 Å². The lowest BCUT2D eigenvalue weighted by Gasteiger charge is -2.52. The van der Waals surface area contributed by atoms with Crippen LogP contribution in [0.25, 0.3) is 10.9 Å². The van der Waals surface area contributed by atoms with Crippen LogP contribution in [0.2, 0.25) is 0 Å². The molecule has 4 heterocycles. The van der Waals surface area contributed by atoms with Crippen LogP contribution in [0, 0.1) is 11.8 Å². The molecular weight excluding hydrogens is 382 g/mol. The average molecular weight is 409 g/mol. The molecule has 0 saturated carbocycles. The molecule has 1 aromatic carbocycles. The molecule has 3 aliphatic heterocycles. The third-order valence-electron chi connectivity index (χ3n) is 6.92. The van der Waals surface area contributed by atoms with Crippen LogP contribution in [-0.4, -0.2) is 62.3 Å². The number of hydrogen-bond donors (Lipinski definition) is 0. The topological polar surface area (TPSA) is 88.4 Å².